The van der Waals surface area contributed by atoms with Crippen LogP contribution in [-0.2, 0) is 9.59 Å². The SMILES string of the molecule is CCC(C)NC(=O)CN(C(C)=O)c1ccc(C(C)C)cc1. The summed E-state index contributed by atoms with van der Waals surface area (Å²) >= 11 is 0. The molecule has 1 aromatic rings. The van der Waals surface area contributed by atoms with E-state index in [1.54, 1.807) is 0 Å². The molecule has 1 aromatic carbocycles. The summed E-state index contributed by atoms with van der Waals surface area (Å²) in [7, 11) is 0. The topological polar surface area (TPSA) is 49.4 Å². The zero-order valence-electron chi connectivity index (χ0n) is 13.6. The van der Waals surface area contributed by atoms with Crippen molar-refractivity contribution in [2.75, 3.05) is 11.4 Å². The highest BCUT2D eigenvalue weighted by molar-refractivity contribution is 5.97. The Kier molecular flexibility index (Phi) is 6.40. The van der Waals surface area contributed by atoms with Crippen molar-refractivity contribution in [3.63, 3.8) is 0 Å². The molecule has 0 saturated carbocycles. The Balaban J connectivity index is 2.82. The molecule has 0 saturated heterocycles. The second kappa shape index (κ2) is 7.81. The normalized spacial score (nSPS) is 12.1. The average molecular weight is 290 g/mol. The molecule has 1 unspecified atom stereocenters. The standard InChI is InChI=1S/C17H26N2O2/c1-6-13(4)18-17(21)11-19(14(5)20)16-9-7-15(8-10-16)12(2)3/h7-10,12-13H,6,11H2,1-5H3,(H,18,21). The van der Waals surface area contributed by atoms with Gasteiger partial charge in [-0.1, -0.05) is 32.9 Å². The summed E-state index contributed by atoms with van der Waals surface area (Å²) in [6.45, 7) is 9.74. The van der Waals surface area contributed by atoms with Crippen molar-refractivity contribution in [1.82, 2.24) is 5.32 Å². The van der Waals surface area contributed by atoms with Gasteiger partial charge in [-0.2, -0.15) is 0 Å². The maximum atomic E-state index is 12.0. The highest BCUT2D eigenvalue weighted by Crippen LogP contribution is 2.20. The van der Waals surface area contributed by atoms with Crippen LogP contribution in [0.15, 0.2) is 24.3 Å². The highest BCUT2D eigenvalue weighted by atomic mass is 16.2. The maximum Gasteiger partial charge on any atom is 0.240 e. The number of rotatable bonds is 6. The van der Waals surface area contributed by atoms with Crippen molar-refractivity contribution in [3.8, 4) is 0 Å². The van der Waals surface area contributed by atoms with Crippen LogP contribution in [0.4, 0.5) is 5.69 Å². The Morgan fingerprint density at radius 2 is 1.71 bits per heavy atom. The smallest absolute Gasteiger partial charge is 0.240 e. The van der Waals surface area contributed by atoms with Crippen LogP contribution >= 0.6 is 0 Å². The Hall–Kier alpha value is -1.84. The lowest BCUT2D eigenvalue weighted by molar-refractivity contribution is -0.123. The molecule has 116 valence electrons. The number of hydrogen-bond donors (Lipinski definition) is 1. The van der Waals surface area contributed by atoms with Crippen molar-refractivity contribution in [2.24, 2.45) is 0 Å². The van der Waals surface area contributed by atoms with E-state index in [4.69, 9.17) is 0 Å². The van der Waals surface area contributed by atoms with Gasteiger partial charge in [0.15, 0.2) is 0 Å². The fourth-order valence-corrected chi connectivity index (χ4v) is 1.99. The number of hydrogen-bond acceptors (Lipinski definition) is 2. The predicted molar refractivity (Wildman–Crippen MR) is 86.5 cm³/mol. The van der Waals surface area contributed by atoms with Crippen molar-refractivity contribution in [1.29, 1.82) is 0 Å². The highest BCUT2D eigenvalue weighted by Gasteiger charge is 2.16. The molecular weight excluding hydrogens is 264 g/mol. The molecule has 2 amide bonds. The quantitative estimate of drug-likeness (QED) is 0.875. The largest absolute Gasteiger partial charge is 0.352 e. The first-order valence-corrected chi connectivity index (χ1v) is 7.52. The number of nitrogens with one attached hydrogen (secondary N) is 1. The van der Waals surface area contributed by atoms with E-state index in [0.29, 0.717) is 5.92 Å². The second-order valence-corrected chi connectivity index (χ2v) is 5.73. The lowest BCUT2D eigenvalue weighted by Gasteiger charge is -2.22. The van der Waals surface area contributed by atoms with Crippen LogP contribution in [0.5, 0.6) is 0 Å². The summed E-state index contributed by atoms with van der Waals surface area (Å²) in [5.41, 5.74) is 1.97. The molecule has 21 heavy (non-hydrogen) atoms. The molecule has 0 fully saturated rings. The van der Waals surface area contributed by atoms with Crippen molar-refractivity contribution in [2.45, 2.75) is 53.0 Å². The summed E-state index contributed by atoms with van der Waals surface area (Å²) < 4.78 is 0. The minimum absolute atomic E-state index is 0.0562. The average Bonchev–Trinajstić information content (AvgIpc) is 2.44. The fraction of sp³-hybridized carbons (Fsp3) is 0.529. The summed E-state index contributed by atoms with van der Waals surface area (Å²) in [6, 6.07) is 7.92. The first-order valence-electron chi connectivity index (χ1n) is 7.52. The maximum absolute atomic E-state index is 12.0. The molecule has 0 aliphatic heterocycles. The van der Waals surface area contributed by atoms with Crippen LogP contribution < -0.4 is 10.2 Å². The zero-order chi connectivity index (χ0) is 16.0. The molecule has 4 heteroatoms. The zero-order valence-corrected chi connectivity index (χ0v) is 13.6. The van der Waals surface area contributed by atoms with E-state index in [1.165, 1.54) is 17.4 Å². The van der Waals surface area contributed by atoms with E-state index < -0.39 is 0 Å². The van der Waals surface area contributed by atoms with Gasteiger partial charge in [0.25, 0.3) is 0 Å². The summed E-state index contributed by atoms with van der Waals surface area (Å²) in [5.74, 6) is 0.178. The summed E-state index contributed by atoms with van der Waals surface area (Å²) in [5, 5.41) is 2.88. The minimum atomic E-state index is -0.133. The molecule has 4 nitrogen and oxygen atoms in total. The molecule has 1 atom stereocenters. The van der Waals surface area contributed by atoms with Crippen LogP contribution in [-0.4, -0.2) is 24.4 Å². The number of carbonyl (C=O) groups is 2. The van der Waals surface area contributed by atoms with Gasteiger partial charge in [0, 0.05) is 18.7 Å². The fourth-order valence-electron chi connectivity index (χ4n) is 1.99. The van der Waals surface area contributed by atoms with Gasteiger partial charge < -0.3 is 10.2 Å². The Labute approximate surface area is 127 Å². The summed E-state index contributed by atoms with van der Waals surface area (Å²) in [6.07, 6.45) is 0.870. The van der Waals surface area contributed by atoms with Crippen molar-refractivity contribution in [3.05, 3.63) is 29.8 Å². The molecule has 0 spiro atoms. The van der Waals surface area contributed by atoms with E-state index >= 15 is 0 Å². The third kappa shape index (κ3) is 5.21. The van der Waals surface area contributed by atoms with E-state index in [9.17, 15) is 9.59 Å². The molecule has 0 bridgehead atoms. The van der Waals surface area contributed by atoms with Crippen LogP contribution in [0, 0.1) is 0 Å². The third-order valence-corrected chi connectivity index (χ3v) is 3.57. The first kappa shape index (κ1) is 17.2. The van der Waals surface area contributed by atoms with Gasteiger partial charge in [0.05, 0.1) is 0 Å². The van der Waals surface area contributed by atoms with Gasteiger partial charge in [-0.25, -0.2) is 0 Å². The van der Waals surface area contributed by atoms with E-state index in [0.717, 1.165) is 12.1 Å². The van der Waals surface area contributed by atoms with E-state index in [1.807, 2.05) is 38.1 Å². The second-order valence-electron chi connectivity index (χ2n) is 5.73. The molecule has 1 rings (SSSR count). The van der Waals surface area contributed by atoms with Crippen LogP contribution in [0.1, 0.15) is 52.5 Å². The lowest BCUT2D eigenvalue weighted by Crippen LogP contribution is -2.42. The number of nitrogens with zero attached hydrogens (tertiary/aromatic N) is 1. The first-order chi connectivity index (χ1) is 9.85. The summed E-state index contributed by atoms with van der Waals surface area (Å²) in [4.78, 5) is 25.3. The number of carbonyl (C=O) groups excluding carboxylic acids is 2. The molecular formula is C17H26N2O2. The molecule has 0 heterocycles. The monoisotopic (exact) mass is 290 g/mol. The van der Waals surface area contributed by atoms with Crippen LogP contribution in [0.2, 0.25) is 0 Å². The molecule has 1 N–H and O–H groups in total. The molecule has 0 aliphatic carbocycles. The van der Waals surface area contributed by atoms with Gasteiger partial charge in [0.1, 0.15) is 6.54 Å². The van der Waals surface area contributed by atoms with Gasteiger partial charge >= 0.3 is 0 Å². The lowest BCUT2D eigenvalue weighted by atomic mass is 10.0. The van der Waals surface area contributed by atoms with Crippen LogP contribution in [0.3, 0.4) is 0 Å². The molecule has 0 aliphatic rings. The van der Waals surface area contributed by atoms with Crippen molar-refractivity contribution < 1.29 is 9.59 Å². The minimum Gasteiger partial charge on any atom is -0.352 e. The van der Waals surface area contributed by atoms with Crippen LogP contribution in [0.25, 0.3) is 0 Å². The molecule has 0 radical (unpaired) electrons. The van der Waals surface area contributed by atoms with Gasteiger partial charge in [0.2, 0.25) is 11.8 Å². The van der Waals surface area contributed by atoms with Gasteiger partial charge in [-0.15, -0.1) is 0 Å². The third-order valence-electron chi connectivity index (χ3n) is 3.57. The van der Waals surface area contributed by atoms with E-state index in [-0.39, 0.29) is 24.4 Å². The number of benzene rings is 1. The number of amides is 2. The number of anilines is 1. The predicted octanol–water partition coefficient (Wildman–Crippen LogP) is 3.08. The Bertz CT molecular complexity index is 480. The van der Waals surface area contributed by atoms with E-state index in [2.05, 4.69) is 19.2 Å². The van der Waals surface area contributed by atoms with Gasteiger partial charge in [-0.3, -0.25) is 9.59 Å². The Morgan fingerprint density at radius 3 is 2.14 bits per heavy atom. The van der Waals surface area contributed by atoms with Crippen molar-refractivity contribution >= 4 is 17.5 Å². The van der Waals surface area contributed by atoms with Gasteiger partial charge in [-0.05, 0) is 37.0 Å². The Morgan fingerprint density at radius 1 is 1.14 bits per heavy atom. The molecule has 0 aromatic heterocycles.